The number of likely N-dealkylation sites (tertiary alicyclic amines) is 1. The van der Waals surface area contributed by atoms with Crippen LogP contribution in [-0.2, 0) is 9.53 Å². The van der Waals surface area contributed by atoms with Gasteiger partial charge in [-0.15, -0.1) is 0 Å². The molecule has 2 N–H and O–H groups in total. The fourth-order valence-electron chi connectivity index (χ4n) is 4.89. The average molecular weight is 476 g/mol. The number of ether oxygens (including phenoxy) is 1. The molecule has 1 atom stereocenters. The van der Waals surface area contributed by atoms with Crippen molar-refractivity contribution in [3.8, 4) is 0 Å². The van der Waals surface area contributed by atoms with Crippen LogP contribution < -0.4 is 5.32 Å². The minimum Gasteiger partial charge on any atom is -0.459 e. The van der Waals surface area contributed by atoms with Crippen molar-refractivity contribution in [2.75, 3.05) is 58.9 Å². The van der Waals surface area contributed by atoms with E-state index in [1.54, 1.807) is 32.6 Å². The predicted octanol–water partition coefficient (Wildman–Crippen LogP) is 1.80. The molecule has 1 aromatic heterocycles. The lowest BCUT2D eigenvalue weighted by atomic mass is 9.96. The van der Waals surface area contributed by atoms with Crippen LogP contribution in [0, 0.1) is 19.8 Å². The summed E-state index contributed by atoms with van der Waals surface area (Å²) in [4.78, 5) is 48.2. The maximum absolute atomic E-state index is 13.3. The van der Waals surface area contributed by atoms with Crippen LogP contribution in [0.4, 0.5) is 0 Å². The molecule has 1 aromatic rings. The molecule has 3 rings (SSSR count). The van der Waals surface area contributed by atoms with Crippen molar-refractivity contribution in [3.63, 3.8) is 0 Å². The lowest BCUT2D eigenvalue weighted by molar-refractivity contribution is -0.126. The molecule has 2 aliphatic rings. The second-order valence-corrected chi connectivity index (χ2v) is 9.74. The molecule has 0 saturated carbocycles. The Morgan fingerprint density at radius 1 is 1.09 bits per heavy atom. The first kappa shape index (κ1) is 26.2. The molecule has 0 spiro atoms. The summed E-state index contributed by atoms with van der Waals surface area (Å²) in [6.07, 6.45) is 1.33. The molecule has 0 bridgehead atoms. The van der Waals surface area contributed by atoms with Crippen molar-refractivity contribution < 1.29 is 19.1 Å². The van der Waals surface area contributed by atoms with Gasteiger partial charge in [-0.25, -0.2) is 4.79 Å². The second kappa shape index (κ2) is 11.8. The Hall–Kier alpha value is -2.39. The monoisotopic (exact) mass is 475 g/mol. The van der Waals surface area contributed by atoms with E-state index in [1.807, 2.05) is 0 Å². The van der Waals surface area contributed by atoms with Gasteiger partial charge in [0.1, 0.15) is 5.69 Å². The van der Waals surface area contributed by atoms with E-state index >= 15 is 0 Å². The van der Waals surface area contributed by atoms with Crippen LogP contribution in [0.3, 0.4) is 0 Å². The van der Waals surface area contributed by atoms with E-state index in [1.165, 1.54) is 0 Å². The minimum absolute atomic E-state index is 0.0188. The van der Waals surface area contributed by atoms with Crippen LogP contribution in [0.2, 0.25) is 0 Å². The van der Waals surface area contributed by atoms with E-state index in [4.69, 9.17) is 4.74 Å². The second-order valence-electron chi connectivity index (χ2n) is 9.74. The van der Waals surface area contributed by atoms with E-state index in [0.29, 0.717) is 42.1 Å². The van der Waals surface area contributed by atoms with Gasteiger partial charge in [0.05, 0.1) is 17.6 Å². The Labute approximate surface area is 203 Å². The third kappa shape index (κ3) is 6.39. The van der Waals surface area contributed by atoms with Crippen LogP contribution in [0.15, 0.2) is 0 Å². The standard InChI is InChI=1S/C25H41N5O4/c1-6-28-12-14-29(15-13-28)11-9-26-23(31)20-8-7-10-30(16-20)24(32)22-18(4)21(19(5)27-22)25(33)34-17(2)3/h17,20,27H,6-16H2,1-5H3,(H,26,31)/t20-/m0/s1. The molecule has 2 aliphatic heterocycles. The van der Waals surface area contributed by atoms with Crippen molar-refractivity contribution in [2.24, 2.45) is 5.92 Å². The number of hydrogen-bond acceptors (Lipinski definition) is 6. The quantitative estimate of drug-likeness (QED) is 0.557. The van der Waals surface area contributed by atoms with Gasteiger partial charge in [-0.1, -0.05) is 6.92 Å². The fraction of sp³-hybridized carbons (Fsp3) is 0.720. The Kier molecular flexibility index (Phi) is 9.13. The number of H-pyrrole nitrogens is 1. The molecular formula is C25H41N5O4. The maximum Gasteiger partial charge on any atom is 0.340 e. The molecule has 0 unspecified atom stereocenters. The molecule has 34 heavy (non-hydrogen) atoms. The number of likely N-dealkylation sites (N-methyl/N-ethyl adjacent to an activating group) is 1. The first-order chi connectivity index (χ1) is 16.2. The molecule has 9 nitrogen and oxygen atoms in total. The number of aromatic amines is 1. The number of carbonyl (C=O) groups excluding carboxylic acids is 3. The van der Waals surface area contributed by atoms with Crippen LogP contribution in [0.25, 0.3) is 0 Å². The van der Waals surface area contributed by atoms with Gasteiger partial charge in [0.15, 0.2) is 0 Å². The number of aryl methyl sites for hydroxylation is 1. The number of amides is 2. The SMILES string of the molecule is CCN1CCN(CCNC(=O)[C@H]2CCCN(C(=O)c3[nH]c(C)c(C(=O)OC(C)C)c3C)C2)CC1. The zero-order valence-corrected chi connectivity index (χ0v) is 21.4. The summed E-state index contributed by atoms with van der Waals surface area (Å²) in [6.45, 7) is 17.1. The molecule has 0 aromatic carbocycles. The third-order valence-electron chi connectivity index (χ3n) is 6.92. The highest BCUT2D eigenvalue weighted by Gasteiger charge is 2.32. The summed E-state index contributed by atoms with van der Waals surface area (Å²) < 4.78 is 5.33. The lowest BCUT2D eigenvalue weighted by Gasteiger charge is -2.34. The van der Waals surface area contributed by atoms with Gasteiger partial charge in [0.2, 0.25) is 5.91 Å². The van der Waals surface area contributed by atoms with Crippen LogP contribution in [-0.4, -0.2) is 102 Å². The molecule has 2 amide bonds. The van der Waals surface area contributed by atoms with Crippen LogP contribution in [0.5, 0.6) is 0 Å². The number of nitrogens with zero attached hydrogens (tertiary/aromatic N) is 3. The first-order valence-electron chi connectivity index (χ1n) is 12.6. The molecule has 0 radical (unpaired) electrons. The van der Waals surface area contributed by atoms with Gasteiger partial charge in [-0.05, 0) is 52.6 Å². The van der Waals surface area contributed by atoms with Crippen molar-refractivity contribution in [3.05, 3.63) is 22.5 Å². The summed E-state index contributed by atoms with van der Waals surface area (Å²) in [5, 5.41) is 3.08. The first-order valence-corrected chi connectivity index (χ1v) is 12.6. The summed E-state index contributed by atoms with van der Waals surface area (Å²) in [5.41, 5.74) is 2.05. The van der Waals surface area contributed by atoms with Gasteiger partial charge in [-0.3, -0.25) is 14.5 Å². The van der Waals surface area contributed by atoms with E-state index in [-0.39, 0.29) is 23.8 Å². The number of piperidine rings is 1. The molecule has 3 heterocycles. The summed E-state index contributed by atoms with van der Waals surface area (Å²) in [6, 6.07) is 0. The molecule has 2 fully saturated rings. The number of carbonyl (C=O) groups is 3. The summed E-state index contributed by atoms with van der Waals surface area (Å²) in [7, 11) is 0. The van der Waals surface area contributed by atoms with Crippen LogP contribution >= 0.6 is 0 Å². The number of nitrogens with one attached hydrogen (secondary N) is 2. The van der Waals surface area contributed by atoms with Gasteiger partial charge in [0.25, 0.3) is 5.91 Å². The smallest absolute Gasteiger partial charge is 0.340 e. The van der Waals surface area contributed by atoms with Crippen molar-refractivity contribution in [1.29, 1.82) is 0 Å². The Morgan fingerprint density at radius 2 is 1.76 bits per heavy atom. The van der Waals surface area contributed by atoms with Gasteiger partial charge < -0.3 is 24.8 Å². The number of aromatic nitrogens is 1. The topological polar surface area (TPSA) is 98.0 Å². The number of esters is 1. The fourth-order valence-corrected chi connectivity index (χ4v) is 4.89. The third-order valence-corrected chi connectivity index (χ3v) is 6.92. The summed E-state index contributed by atoms with van der Waals surface area (Å²) in [5.74, 6) is -0.788. The molecule has 0 aliphatic carbocycles. The predicted molar refractivity (Wildman–Crippen MR) is 131 cm³/mol. The molecular weight excluding hydrogens is 434 g/mol. The number of hydrogen-bond donors (Lipinski definition) is 2. The van der Waals surface area contributed by atoms with E-state index in [0.717, 1.165) is 52.1 Å². The normalized spacial score (nSPS) is 19.9. The zero-order valence-electron chi connectivity index (χ0n) is 21.4. The average Bonchev–Trinajstić information content (AvgIpc) is 3.12. The Morgan fingerprint density at radius 3 is 2.41 bits per heavy atom. The highest BCUT2D eigenvalue weighted by Crippen LogP contribution is 2.24. The van der Waals surface area contributed by atoms with Crippen molar-refractivity contribution >= 4 is 17.8 Å². The van der Waals surface area contributed by atoms with Crippen molar-refractivity contribution in [2.45, 2.75) is 53.6 Å². The van der Waals surface area contributed by atoms with E-state index < -0.39 is 5.97 Å². The van der Waals surface area contributed by atoms with Gasteiger partial charge in [0, 0.05) is 58.1 Å². The zero-order chi connectivity index (χ0) is 24.8. The molecule has 2 saturated heterocycles. The molecule has 9 heteroatoms. The maximum atomic E-state index is 13.3. The lowest BCUT2D eigenvalue weighted by Crippen LogP contribution is -2.49. The number of piperazine rings is 1. The van der Waals surface area contributed by atoms with Crippen LogP contribution in [0.1, 0.15) is 65.7 Å². The highest BCUT2D eigenvalue weighted by molar-refractivity contribution is 6.00. The molecule has 190 valence electrons. The van der Waals surface area contributed by atoms with Gasteiger partial charge in [-0.2, -0.15) is 0 Å². The minimum atomic E-state index is -0.424. The van der Waals surface area contributed by atoms with E-state index in [9.17, 15) is 14.4 Å². The largest absolute Gasteiger partial charge is 0.459 e. The summed E-state index contributed by atoms with van der Waals surface area (Å²) >= 11 is 0. The Balaban J connectivity index is 1.53. The van der Waals surface area contributed by atoms with Crippen molar-refractivity contribution in [1.82, 2.24) is 25.0 Å². The highest BCUT2D eigenvalue weighted by atomic mass is 16.5. The Bertz CT molecular complexity index is 873. The number of rotatable bonds is 8. The van der Waals surface area contributed by atoms with E-state index in [2.05, 4.69) is 27.0 Å². The van der Waals surface area contributed by atoms with Gasteiger partial charge >= 0.3 is 5.97 Å².